The molecule has 0 unspecified atom stereocenters. The van der Waals surface area contributed by atoms with Gasteiger partial charge in [-0.3, -0.25) is 9.59 Å². The molecule has 9 nitrogen and oxygen atoms in total. The number of aliphatic hydroxyl groups is 1. The number of carbonyl (C=O) groups is 2. The molecule has 0 aliphatic carbocycles. The minimum absolute atomic E-state index is 0.145. The molecule has 4 rings (SSSR count). The van der Waals surface area contributed by atoms with Gasteiger partial charge in [-0.05, 0) is 43.9 Å². The molecule has 2 atom stereocenters. The van der Waals surface area contributed by atoms with Crippen molar-refractivity contribution in [2.75, 3.05) is 19.8 Å². The second-order valence-electron chi connectivity index (χ2n) is 8.12. The summed E-state index contributed by atoms with van der Waals surface area (Å²) < 4.78 is 16.7. The number of carbonyl (C=O) groups excluding carboxylic acids is 2. The second kappa shape index (κ2) is 7.73. The number of ether oxygens (including phenoxy) is 3. The van der Waals surface area contributed by atoms with Gasteiger partial charge in [0.15, 0.2) is 0 Å². The average molecular weight is 415 g/mol. The zero-order chi connectivity index (χ0) is 21.5. The van der Waals surface area contributed by atoms with E-state index < -0.39 is 17.4 Å². The number of nitrogens with zero attached hydrogens (tertiary/aromatic N) is 1. The number of nitrogens with two attached hydrogens (primary N) is 1. The van der Waals surface area contributed by atoms with Crippen LogP contribution in [-0.2, 0) is 9.53 Å². The summed E-state index contributed by atoms with van der Waals surface area (Å²) >= 11 is 0. The van der Waals surface area contributed by atoms with Gasteiger partial charge in [0.1, 0.15) is 18.0 Å². The van der Waals surface area contributed by atoms with Gasteiger partial charge in [0.05, 0.1) is 36.8 Å². The van der Waals surface area contributed by atoms with Crippen molar-refractivity contribution in [1.29, 1.82) is 0 Å². The lowest BCUT2D eigenvalue weighted by Crippen LogP contribution is -2.57. The molecular weight excluding hydrogens is 390 g/mol. The van der Waals surface area contributed by atoms with Crippen molar-refractivity contribution in [3.8, 4) is 11.6 Å². The van der Waals surface area contributed by atoms with Gasteiger partial charge in [-0.25, -0.2) is 4.98 Å². The molecule has 2 fully saturated rings. The fraction of sp³-hybridized carbons (Fsp3) is 0.476. The third-order valence-electron chi connectivity index (χ3n) is 5.41. The van der Waals surface area contributed by atoms with E-state index in [-0.39, 0.29) is 43.4 Å². The molecule has 2 saturated heterocycles. The number of pyridine rings is 1. The molecule has 30 heavy (non-hydrogen) atoms. The van der Waals surface area contributed by atoms with Crippen molar-refractivity contribution in [2.45, 2.75) is 38.0 Å². The standard InChI is InChI=1S/C21H25N3O6/c1-11(2)30-17-7-14-12(5-15(17)18(22)25)3-4-23-20(14)29-8-13-6-16(19(26)24-13)21(27)9-28-10-21/h3-5,7,11,13,16,27H,6,8-10H2,1-2H3,(H2,22,25)(H,24,26)/t13-,16-/m0/s1. The van der Waals surface area contributed by atoms with Crippen LogP contribution in [0.2, 0.25) is 0 Å². The van der Waals surface area contributed by atoms with Crippen molar-refractivity contribution in [3.05, 3.63) is 30.0 Å². The molecule has 2 aromatic rings. The van der Waals surface area contributed by atoms with Gasteiger partial charge in [0.2, 0.25) is 11.8 Å². The molecule has 2 amide bonds. The Morgan fingerprint density at radius 2 is 2.20 bits per heavy atom. The largest absolute Gasteiger partial charge is 0.490 e. The number of hydrogen-bond donors (Lipinski definition) is 3. The first-order valence-corrected chi connectivity index (χ1v) is 9.89. The molecule has 2 aliphatic heterocycles. The zero-order valence-electron chi connectivity index (χ0n) is 16.9. The van der Waals surface area contributed by atoms with Gasteiger partial charge in [-0.2, -0.15) is 0 Å². The van der Waals surface area contributed by atoms with Crippen LogP contribution in [0.4, 0.5) is 0 Å². The minimum Gasteiger partial charge on any atom is -0.490 e. The van der Waals surface area contributed by atoms with Gasteiger partial charge in [0.25, 0.3) is 5.91 Å². The maximum atomic E-state index is 12.2. The van der Waals surface area contributed by atoms with E-state index in [0.717, 1.165) is 5.39 Å². The predicted molar refractivity (Wildman–Crippen MR) is 107 cm³/mol. The molecule has 9 heteroatoms. The highest BCUT2D eigenvalue weighted by molar-refractivity contribution is 6.01. The lowest BCUT2D eigenvalue weighted by atomic mass is 9.83. The Labute approximate surface area is 173 Å². The fourth-order valence-corrected chi connectivity index (χ4v) is 3.85. The van der Waals surface area contributed by atoms with Gasteiger partial charge >= 0.3 is 0 Å². The number of primary amides is 1. The Balaban J connectivity index is 1.54. The molecule has 0 saturated carbocycles. The normalized spacial score (nSPS) is 22.6. The maximum Gasteiger partial charge on any atom is 0.252 e. The van der Waals surface area contributed by atoms with Crippen LogP contribution in [0.25, 0.3) is 10.8 Å². The smallest absolute Gasteiger partial charge is 0.252 e. The summed E-state index contributed by atoms with van der Waals surface area (Å²) in [5.74, 6) is -0.558. The van der Waals surface area contributed by atoms with E-state index in [1.807, 2.05) is 13.8 Å². The lowest BCUT2D eigenvalue weighted by molar-refractivity contribution is -0.205. The van der Waals surface area contributed by atoms with Crippen molar-refractivity contribution in [2.24, 2.45) is 11.7 Å². The Bertz CT molecular complexity index is 988. The van der Waals surface area contributed by atoms with E-state index in [0.29, 0.717) is 23.4 Å². The summed E-state index contributed by atoms with van der Waals surface area (Å²) in [6.07, 6.45) is 1.89. The molecule has 4 N–H and O–H groups in total. The Morgan fingerprint density at radius 3 is 2.83 bits per heavy atom. The molecule has 2 aliphatic rings. The first-order chi connectivity index (χ1) is 14.3. The number of aromatic nitrogens is 1. The van der Waals surface area contributed by atoms with Crippen LogP contribution in [0.5, 0.6) is 11.6 Å². The molecule has 1 aromatic heterocycles. The number of nitrogens with one attached hydrogen (secondary N) is 1. The van der Waals surface area contributed by atoms with Crippen LogP contribution in [-0.4, -0.2) is 59.5 Å². The van der Waals surface area contributed by atoms with E-state index in [1.54, 1.807) is 24.4 Å². The van der Waals surface area contributed by atoms with Crippen LogP contribution in [0.3, 0.4) is 0 Å². The van der Waals surface area contributed by atoms with Crippen molar-refractivity contribution >= 4 is 22.6 Å². The Hall–Kier alpha value is -2.91. The Kier molecular flexibility index (Phi) is 5.25. The number of benzene rings is 1. The van der Waals surface area contributed by atoms with E-state index in [2.05, 4.69) is 10.3 Å². The van der Waals surface area contributed by atoms with Gasteiger partial charge in [0, 0.05) is 11.6 Å². The Morgan fingerprint density at radius 1 is 1.43 bits per heavy atom. The summed E-state index contributed by atoms with van der Waals surface area (Å²) in [7, 11) is 0. The third-order valence-corrected chi connectivity index (χ3v) is 5.41. The molecule has 0 spiro atoms. The predicted octanol–water partition coefficient (Wildman–Crippen LogP) is 0.766. The first-order valence-electron chi connectivity index (χ1n) is 9.89. The zero-order valence-corrected chi connectivity index (χ0v) is 16.9. The van der Waals surface area contributed by atoms with Crippen LogP contribution in [0, 0.1) is 5.92 Å². The van der Waals surface area contributed by atoms with Crippen LogP contribution >= 0.6 is 0 Å². The molecule has 0 radical (unpaired) electrons. The summed E-state index contributed by atoms with van der Waals surface area (Å²) in [6, 6.07) is 4.86. The molecule has 1 aromatic carbocycles. The van der Waals surface area contributed by atoms with Crippen LogP contribution in [0.15, 0.2) is 24.4 Å². The third kappa shape index (κ3) is 3.78. The number of hydrogen-bond acceptors (Lipinski definition) is 7. The second-order valence-corrected chi connectivity index (χ2v) is 8.12. The average Bonchev–Trinajstić information content (AvgIpc) is 3.04. The lowest BCUT2D eigenvalue weighted by Gasteiger charge is -2.39. The van der Waals surface area contributed by atoms with E-state index in [9.17, 15) is 14.7 Å². The topological polar surface area (TPSA) is 133 Å². The summed E-state index contributed by atoms with van der Waals surface area (Å²) in [6.45, 7) is 4.25. The van der Waals surface area contributed by atoms with E-state index >= 15 is 0 Å². The highest BCUT2D eigenvalue weighted by Crippen LogP contribution is 2.34. The molecule has 0 bridgehead atoms. The minimum atomic E-state index is -1.09. The number of amides is 2. The molecule has 3 heterocycles. The molecule has 160 valence electrons. The summed E-state index contributed by atoms with van der Waals surface area (Å²) in [4.78, 5) is 28.4. The fourth-order valence-electron chi connectivity index (χ4n) is 3.85. The van der Waals surface area contributed by atoms with Crippen LogP contribution < -0.4 is 20.5 Å². The summed E-state index contributed by atoms with van der Waals surface area (Å²) in [5, 5.41) is 14.7. The van der Waals surface area contributed by atoms with Gasteiger partial charge < -0.3 is 30.4 Å². The quantitative estimate of drug-likeness (QED) is 0.608. The highest BCUT2D eigenvalue weighted by Gasteiger charge is 2.51. The first kappa shape index (κ1) is 20.4. The summed E-state index contributed by atoms with van der Waals surface area (Å²) in [5.41, 5.74) is 4.70. The monoisotopic (exact) mass is 415 g/mol. The maximum absolute atomic E-state index is 12.2. The SMILES string of the molecule is CC(C)Oc1cc2c(OC[C@@H]3C[C@H](C4(O)COC4)C(=O)N3)nccc2cc1C(N)=O. The number of fused-ring (bicyclic) bond motifs is 1. The van der Waals surface area contributed by atoms with E-state index in [1.165, 1.54) is 0 Å². The van der Waals surface area contributed by atoms with Crippen molar-refractivity contribution in [3.63, 3.8) is 0 Å². The molecular formula is C21H25N3O6. The van der Waals surface area contributed by atoms with Crippen molar-refractivity contribution in [1.82, 2.24) is 10.3 Å². The van der Waals surface area contributed by atoms with Gasteiger partial charge in [-0.15, -0.1) is 0 Å². The van der Waals surface area contributed by atoms with Gasteiger partial charge in [-0.1, -0.05) is 0 Å². The van der Waals surface area contributed by atoms with Crippen LogP contribution in [0.1, 0.15) is 30.6 Å². The number of rotatable bonds is 7. The highest BCUT2D eigenvalue weighted by atomic mass is 16.5. The van der Waals surface area contributed by atoms with E-state index in [4.69, 9.17) is 19.9 Å². The van der Waals surface area contributed by atoms with Crippen molar-refractivity contribution < 1.29 is 28.9 Å².